The standard InChI is InChI=1S/C17H16N2O2S3/c1-13-4-6-14(7-5-13)24(20,21)12-11-23-17-18-9-8-15(19-17)16-3-2-10-22-16/h2-10H,11-12H2,1H3. The van der Waals surface area contributed by atoms with Crippen LogP contribution in [0, 0.1) is 6.92 Å². The fourth-order valence-corrected chi connectivity index (χ4v) is 5.25. The van der Waals surface area contributed by atoms with Gasteiger partial charge in [0.15, 0.2) is 15.0 Å². The molecule has 3 rings (SSSR count). The molecule has 0 atom stereocenters. The molecule has 24 heavy (non-hydrogen) atoms. The summed E-state index contributed by atoms with van der Waals surface area (Å²) in [5.41, 5.74) is 1.91. The highest BCUT2D eigenvalue weighted by Gasteiger charge is 2.14. The first-order valence-electron chi connectivity index (χ1n) is 7.34. The molecule has 0 amide bonds. The van der Waals surface area contributed by atoms with Crippen molar-refractivity contribution in [1.82, 2.24) is 9.97 Å². The van der Waals surface area contributed by atoms with Crippen LogP contribution in [0.4, 0.5) is 0 Å². The van der Waals surface area contributed by atoms with Crippen LogP contribution in [0.25, 0.3) is 10.6 Å². The minimum atomic E-state index is -3.27. The fraction of sp³-hybridized carbons (Fsp3) is 0.176. The molecule has 0 bridgehead atoms. The predicted molar refractivity (Wildman–Crippen MR) is 99.3 cm³/mol. The summed E-state index contributed by atoms with van der Waals surface area (Å²) in [7, 11) is -3.27. The number of rotatable bonds is 6. The maximum atomic E-state index is 12.3. The predicted octanol–water partition coefficient (Wildman–Crippen LogP) is 4.08. The van der Waals surface area contributed by atoms with E-state index in [4.69, 9.17) is 0 Å². The third-order valence-electron chi connectivity index (χ3n) is 3.37. The number of sulfone groups is 1. The van der Waals surface area contributed by atoms with E-state index in [0.29, 0.717) is 15.8 Å². The van der Waals surface area contributed by atoms with Gasteiger partial charge in [-0.3, -0.25) is 0 Å². The quantitative estimate of drug-likeness (QED) is 0.479. The summed E-state index contributed by atoms with van der Waals surface area (Å²) in [5, 5.41) is 2.60. The van der Waals surface area contributed by atoms with Gasteiger partial charge >= 0.3 is 0 Å². The second-order valence-electron chi connectivity index (χ2n) is 5.18. The lowest BCUT2D eigenvalue weighted by Gasteiger charge is -2.05. The van der Waals surface area contributed by atoms with E-state index in [1.54, 1.807) is 29.7 Å². The lowest BCUT2D eigenvalue weighted by Crippen LogP contribution is -2.09. The van der Waals surface area contributed by atoms with Crippen LogP contribution in [0.3, 0.4) is 0 Å². The molecule has 0 radical (unpaired) electrons. The van der Waals surface area contributed by atoms with Crippen LogP contribution < -0.4 is 0 Å². The van der Waals surface area contributed by atoms with E-state index in [1.807, 2.05) is 42.6 Å². The van der Waals surface area contributed by atoms with E-state index >= 15 is 0 Å². The van der Waals surface area contributed by atoms with Crippen molar-refractivity contribution in [2.45, 2.75) is 17.0 Å². The summed E-state index contributed by atoms with van der Waals surface area (Å²) in [6.07, 6.45) is 1.71. The molecule has 0 saturated heterocycles. The first-order chi connectivity index (χ1) is 11.5. The highest BCUT2D eigenvalue weighted by Crippen LogP contribution is 2.24. The van der Waals surface area contributed by atoms with Crippen molar-refractivity contribution < 1.29 is 8.42 Å². The molecule has 0 saturated carbocycles. The summed E-state index contributed by atoms with van der Waals surface area (Å²) in [6.45, 7) is 1.93. The van der Waals surface area contributed by atoms with Gasteiger partial charge in [0.25, 0.3) is 0 Å². The molecule has 0 spiro atoms. The zero-order chi connectivity index (χ0) is 17.0. The summed E-state index contributed by atoms with van der Waals surface area (Å²) in [4.78, 5) is 10.1. The summed E-state index contributed by atoms with van der Waals surface area (Å²) in [6, 6.07) is 12.8. The number of nitrogens with zero attached hydrogens (tertiary/aromatic N) is 2. The van der Waals surface area contributed by atoms with E-state index in [9.17, 15) is 8.42 Å². The largest absolute Gasteiger partial charge is 0.231 e. The number of hydrogen-bond donors (Lipinski definition) is 0. The minimum Gasteiger partial charge on any atom is -0.231 e. The molecule has 0 N–H and O–H groups in total. The third-order valence-corrected chi connectivity index (χ3v) is 7.12. The highest BCUT2D eigenvalue weighted by molar-refractivity contribution is 8.00. The average molecular weight is 377 g/mol. The van der Waals surface area contributed by atoms with E-state index in [2.05, 4.69) is 9.97 Å². The van der Waals surface area contributed by atoms with Crippen molar-refractivity contribution in [3.05, 3.63) is 59.6 Å². The summed E-state index contributed by atoms with van der Waals surface area (Å²) >= 11 is 2.98. The van der Waals surface area contributed by atoms with E-state index in [-0.39, 0.29) is 5.75 Å². The molecule has 1 aromatic carbocycles. The Bertz CT molecular complexity index is 905. The van der Waals surface area contributed by atoms with Crippen molar-refractivity contribution in [3.8, 4) is 10.6 Å². The van der Waals surface area contributed by atoms with Crippen molar-refractivity contribution in [1.29, 1.82) is 0 Å². The Labute approximate surface area is 149 Å². The molecule has 2 heterocycles. The van der Waals surface area contributed by atoms with Crippen LogP contribution in [-0.4, -0.2) is 29.9 Å². The molecular weight excluding hydrogens is 360 g/mol. The Morgan fingerprint density at radius 3 is 2.62 bits per heavy atom. The number of thioether (sulfide) groups is 1. The molecule has 0 aliphatic carbocycles. The van der Waals surface area contributed by atoms with Gasteiger partial charge in [0.05, 0.1) is 21.2 Å². The van der Waals surface area contributed by atoms with Gasteiger partial charge in [0.2, 0.25) is 0 Å². The third kappa shape index (κ3) is 4.23. The fourth-order valence-electron chi connectivity index (χ4n) is 2.08. The van der Waals surface area contributed by atoms with E-state index in [1.165, 1.54) is 11.8 Å². The minimum absolute atomic E-state index is 0.0628. The molecule has 7 heteroatoms. The first kappa shape index (κ1) is 17.1. The molecule has 124 valence electrons. The van der Waals surface area contributed by atoms with Gasteiger partial charge in [-0.05, 0) is 36.6 Å². The van der Waals surface area contributed by atoms with Crippen LogP contribution in [-0.2, 0) is 9.84 Å². The lowest BCUT2D eigenvalue weighted by atomic mass is 10.2. The van der Waals surface area contributed by atoms with E-state index in [0.717, 1.165) is 16.1 Å². The molecule has 0 aliphatic heterocycles. The molecule has 0 aliphatic rings. The van der Waals surface area contributed by atoms with Gasteiger partial charge in [0.1, 0.15) is 0 Å². The van der Waals surface area contributed by atoms with Gasteiger partial charge in [-0.25, -0.2) is 18.4 Å². The average Bonchev–Trinajstić information content (AvgIpc) is 3.10. The van der Waals surface area contributed by atoms with Crippen LogP contribution >= 0.6 is 23.1 Å². The van der Waals surface area contributed by atoms with Crippen molar-refractivity contribution in [2.75, 3.05) is 11.5 Å². The number of hydrogen-bond acceptors (Lipinski definition) is 6. The highest BCUT2D eigenvalue weighted by atomic mass is 32.2. The molecule has 3 aromatic rings. The van der Waals surface area contributed by atoms with Gasteiger partial charge in [-0.2, -0.15) is 0 Å². The Hall–Kier alpha value is -1.70. The Morgan fingerprint density at radius 1 is 1.12 bits per heavy atom. The van der Waals surface area contributed by atoms with Crippen molar-refractivity contribution >= 4 is 32.9 Å². The summed E-state index contributed by atoms with van der Waals surface area (Å²) < 4.78 is 24.7. The van der Waals surface area contributed by atoms with Crippen molar-refractivity contribution in [2.24, 2.45) is 0 Å². The Kier molecular flexibility index (Phi) is 5.33. The number of aromatic nitrogens is 2. The molecule has 0 fully saturated rings. The van der Waals surface area contributed by atoms with Crippen LogP contribution in [0.2, 0.25) is 0 Å². The van der Waals surface area contributed by atoms with Crippen LogP contribution in [0.1, 0.15) is 5.56 Å². The molecule has 2 aromatic heterocycles. The number of aryl methyl sites for hydroxylation is 1. The second-order valence-corrected chi connectivity index (χ2v) is 9.30. The second kappa shape index (κ2) is 7.46. The smallest absolute Gasteiger partial charge is 0.188 e. The topological polar surface area (TPSA) is 59.9 Å². The molecular formula is C17H16N2O2S3. The van der Waals surface area contributed by atoms with Gasteiger partial charge in [-0.15, -0.1) is 11.3 Å². The zero-order valence-electron chi connectivity index (χ0n) is 13.0. The zero-order valence-corrected chi connectivity index (χ0v) is 15.5. The Morgan fingerprint density at radius 2 is 1.92 bits per heavy atom. The molecule has 0 unspecified atom stereocenters. The monoisotopic (exact) mass is 376 g/mol. The SMILES string of the molecule is Cc1ccc(S(=O)(=O)CCSc2nccc(-c3cccs3)n2)cc1. The lowest BCUT2D eigenvalue weighted by molar-refractivity contribution is 0.597. The first-order valence-corrected chi connectivity index (χ1v) is 10.9. The van der Waals surface area contributed by atoms with E-state index < -0.39 is 9.84 Å². The number of benzene rings is 1. The Balaban J connectivity index is 1.64. The normalized spacial score (nSPS) is 11.5. The maximum Gasteiger partial charge on any atom is 0.188 e. The van der Waals surface area contributed by atoms with Crippen LogP contribution in [0.15, 0.2) is 64.1 Å². The summed E-state index contributed by atoms with van der Waals surface area (Å²) in [5.74, 6) is 0.484. The van der Waals surface area contributed by atoms with Gasteiger partial charge in [0, 0.05) is 11.9 Å². The van der Waals surface area contributed by atoms with Crippen molar-refractivity contribution in [3.63, 3.8) is 0 Å². The maximum absolute atomic E-state index is 12.3. The number of thiophene rings is 1. The van der Waals surface area contributed by atoms with Gasteiger partial charge in [-0.1, -0.05) is 35.5 Å². The molecule has 4 nitrogen and oxygen atoms in total. The van der Waals surface area contributed by atoms with Crippen LogP contribution in [0.5, 0.6) is 0 Å². The van der Waals surface area contributed by atoms with Gasteiger partial charge < -0.3 is 0 Å².